The second-order valence-corrected chi connectivity index (χ2v) is 6.15. The van der Waals surface area contributed by atoms with E-state index in [1.54, 1.807) is 0 Å². The van der Waals surface area contributed by atoms with E-state index in [9.17, 15) is 0 Å². The minimum Gasteiger partial charge on any atom is -0.376 e. The topological polar surface area (TPSA) is 24.5 Å². The molecule has 1 aliphatic rings. The number of morpholine rings is 1. The molecule has 0 aromatic heterocycles. The third-order valence-corrected chi connectivity index (χ3v) is 4.30. The number of benzene rings is 1. The number of ether oxygens (including phenoxy) is 1. The molecular formula is C17H28N2O. The summed E-state index contributed by atoms with van der Waals surface area (Å²) in [6.07, 6.45) is 0.336. The van der Waals surface area contributed by atoms with Crippen molar-refractivity contribution in [3.8, 4) is 0 Å². The molecule has 3 nitrogen and oxygen atoms in total. The quantitative estimate of drug-likeness (QED) is 0.915. The molecule has 2 rings (SSSR count). The van der Waals surface area contributed by atoms with Gasteiger partial charge in [0.25, 0.3) is 0 Å². The predicted octanol–water partition coefficient (Wildman–Crippen LogP) is 2.67. The van der Waals surface area contributed by atoms with E-state index in [4.69, 9.17) is 4.74 Å². The van der Waals surface area contributed by atoms with Crippen LogP contribution in [0.25, 0.3) is 0 Å². The predicted molar refractivity (Wildman–Crippen MR) is 84.2 cm³/mol. The van der Waals surface area contributed by atoms with Gasteiger partial charge in [-0.2, -0.15) is 0 Å². The summed E-state index contributed by atoms with van der Waals surface area (Å²) in [6, 6.07) is 7.61. The first-order valence-electron chi connectivity index (χ1n) is 7.61. The zero-order valence-electron chi connectivity index (χ0n) is 13.4. The van der Waals surface area contributed by atoms with Crippen molar-refractivity contribution in [1.82, 2.24) is 10.2 Å². The van der Waals surface area contributed by atoms with Crippen LogP contribution in [0.5, 0.6) is 0 Å². The van der Waals surface area contributed by atoms with Crippen LogP contribution in [-0.4, -0.2) is 43.8 Å². The Morgan fingerprint density at radius 1 is 1.35 bits per heavy atom. The Balaban J connectivity index is 2.11. The molecule has 0 amide bonds. The van der Waals surface area contributed by atoms with Gasteiger partial charge in [-0.15, -0.1) is 0 Å². The van der Waals surface area contributed by atoms with E-state index in [0.717, 1.165) is 19.7 Å². The van der Waals surface area contributed by atoms with Gasteiger partial charge < -0.3 is 10.1 Å². The van der Waals surface area contributed by atoms with Gasteiger partial charge in [-0.3, -0.25) is 4.90 Å². The molecule has 112 valence electrons. The summed E-state index contributed by atoms with van der Waals surface area (Å²) in [7, 11) is 2.05. The highest BCUT2D eigenvalue weighted by Crippen LogP contribution is 2.22. The van der Waals surface area contributed by atoms with Crippen LogP contribution in [-0.2, 0) is 4.74 Å². The Bertz CT molecular complexity index is 447. The first kappa shape index (κ1) is 15.5. The van der Waals surface area contributed by atoms with E-state index in [0.29, 0.717) is 18.2 Å². The van der Waals surface area contributed by atoms with Crippen LogP contribution in [0.15, 0.2) is 18.2 Å². The van der Waals surface area contributed by atoms with Crippen LogP contribution >= 0.6 is 0 Å². The van der Waals surface area contributed by atoms with E-state index in [1.807, 2.05) is 0 Å². The lowest BCUT2D eigenvalue weighted by molar-refractivity contribution is -0.0519. The maximum absolute atomic E-state index is 5.72. The molecule has 0 radical (unpaired) electrons. The number of nitrogens with zero attached hydrogens (tertiary/aromatic N) is 1. The lowest BCUT2D eigenvalue weighted by Gasteiger charge is -2.39. The fraction of sp³-hybridized carbons (Fsp3) is 0.647. The van der Waals surface area contributed by atoms with E-state index in [1.165, 1.54) is 16.7 Å². The summed E-state index contributed by atoms with van der Waals surface area (Å²) in [6.45, 7) is 11.7. The van der Waals surface area contributed by atoms with Gasteiger partial charge in [0.2, 0.25) is 0 Å². The van der Waals surface area contributed by atoms with Crippen molar-refractivity contribution in [2.75, 3.05) is 26.7 Å². The summed E-state index contributed by atoms with van der Waals surface area (Å²) >= 11 is 0. The molecule has 20 heavy (non-hydrogen) atoms. The summed E-state index contributed by atoms with van der Waals surface area (Å²) in [5.41, 5.74) is 4.11. The summed E-state index contributed by atoms with van der Waals surface area (Å²) in [5, 5.41) is 3.48. The molecule has 0 spiro atoms. The first-order valence-corrected chi connectivity index (χ1v) is 7.61. The SMILES string of the molecule is CNC(CN1CC(C)OCC1C)c1ccc(C)cc1C. The van der Waals surface area contributed by atoms with Crippen LogP contribution in [0.4, 0.5) is 0 Å². The third-order valence-electron chi connectivity index (χ3n) is 4.30. The Morgan fingerprint density at radius 3 is 2.75 bits per heavy atom. The van der Waals surface area contributed by atoms with Crippen molar-refractivity contribution in [3.05, 3.63) is 34.9 Å². The van der Waals surface area contributed by atoms with Crippen LogP contribution in [0.3, 0.4) is 0 Å². The fourth-order valence-corrected chi connectivity index (χ4v) is 3.02. The monoisotopic (exact) mass is 276 g/mol. The Kier molecular flexibility index (Phi) is 5.19. The average molecular weight is 276 g/mol. The maximum atomic E-state index is 5.72. The Labute approximate surface area is 123 Å². The van der Waals surface area contributed by atoms with E-state index in [2.05, 4.69) is 63.2 Å². The van der Waals surface area contributed by atoms with E-state index in [-0.39, 0.29) is 0 Å². The van der Waals surface area contributed by atoms with Crippen molar-refractivity contribution in [2.24, 2.45) is 0 Å². The number of likely N-dealkylation sites (N-methyl/N-ethyl adjacent to an activating group) is 1. The first-order chi connectivity index (χ1) is 9.51. The molecule has 1 N–H and O–H groups in total. The number of rotatable bonds is 4. The van der Waals surface area contributed by atoms with Gasteiger partial charge in [0, 0.05) is 25.2 Å². The number of aryl methyl sites for hydroxylation is 2. The van der Waals surface area contributed by atoms with Crippen molar-refractivity contribution in [1.29, 1.82) is 0 Å². The van der Waals surface area contributed by atoms with Crippen molar-refractivity contribution < 1.29 is 4.74 Å². The molecule has 0 bridgehead atoms. The van der Waals surface area contributed by atoms with Crippen LogP contribution in [0, 0.1) is 13.8 Å². The highest BCUT2D eigenvalue weighted by atomic mass is 16.5. The summed E-state index contributed by atoms with van der Waals surface area (Å²) in [5.74, 6) is 0. The molecule has 1 aliphatic heterocycles. The van der Waals surface area contributed by atoms with Crippen molar-refractivity contribution in [3.63, 3.8) is 0 Å². The molecule has 1 aromatic rings. The molecule has 3 atom stereocenters. The minimum atomic E-state index is 0.336. The zero-order valence-corrected chi connectivity index (χ0v) is 13.4. The minimum absolute atomic E-state index is 0.336. The van der Waals surface area contributed by atoms with Crippen LogP contribution < -0.4 is 5.32 Å². The number of hydrogen-bond acceptors (Lipinski definition) is 3. The number of nitrogens with one attached hydrogen (secondary N) is 1. The van der Waals surface area contributed by atoms with Gasteiger partial charge >= 0.3 is 0 Å². The van der Waals surface area contributed by atoms with Gasteiger partial charge in [-0.1, -0.05) is 23.8 Å². The number of hydrogen-bond donors (Lipinski definition) is 1. The molecule has 0 aliphatic carbocycles. The van der Waals surface area contributed by atoms with E-state index >= 15 is 0 Å². The molecule has 1 fully saturated rings. The van der Waals surface area contributed by atoms with Gasteiger partial charge in [0.15, 0.2) is 0 Å². The standard InChI is InChI=1S/C17H28N2O/c1-12-6-7-16(13(2)8-12)17(18-5)10-19-9-15(4)20-11-14(19)3/h6-8,14-15,17-18H,9-11H2,1-5H3. The molecule has 1 aromatic carbocycles. The lowest BCUT2D eigenvalue weighted by Crippen LogP contribution is -2.49. The highest BCUT2D eigenvalue weighted by molar-refractivity contribution is 5.33. The maximum Gasteiger partial charge on any atom is 0.0674 e. The van der Waals surface area contributed by atoms with Gasteiger partial charge in [-0.25, -0.2) is 0 Å². The molecule has 1 heterocycles. The molecule has 0 saturated carbocycles. The Hall–Kier alpha value is -0.900. The van der Waals surface area contributed by atoms with Gasteiger partial charge in [-0.05, 0) is 45.9 Å². The van der Waals surface area contributed by atoms with E-state index < -0.39 is 0 Å². The highest BCUT2D eigenvalue weighted by Gasteiger charge is 2.26. The Morgan fingerprint density at radius 2 is 2.10 bits per heavy atom. The molecule has 1 saturated heterocycles. The summed E-state index contributed by atoms with van der Waals surface area (Å²) < 4.78 is 5.72. The molecular weight excluding hydrogens is 248 g/mol. The molecule has 3 heteroatoms. The van der Waals surface area contributed by atoms with Crippen molar-refractivity contribution in [2.45, 2.75) is 45.9 Å². The second-order valence-electron chi connectivity index (χ2n) is 6.15. The van der Waals surface area contributed by atoms with Crippen molar-refractivity contribution >= 4 is 0 Å². The largest absolute Gasteiger partial charge is 0.376 e. The summed E-state index contributed by atoms with van der Waals surface area (Å²) in [4.78, 5) is 2.54. The normalized spacial score (nSPS) is 25.6. The smallest absolute Gasteiger partial charge is 0.0674 e. The van der Waals surface area contributed by atoms with Crippen LogP contribution in [0.1, 0.15) is 36.6 Å². The molecule has 3 unspecified atom stereocenters. The van der Waals surface area contributed by atoms with Crippen LogP contribution in [0.2, 0.25) is 0 Å². The second kappa shape index (κ2) is 6.70. The van der Waals surface area contributed by atoms with Gasteiger partial charge in [0.05, 0.1) is 12.7 Å². The zero-order chi connectivity index (χ0) is 14.7. The average Bonchev–Trinajstić information content (AvgIpc) is 2.40. The lowest BCUT2D eigenvalue weighted by atomic mass is 9.98. The third kappa shape index (κ3) is 3.60. The fourth-order valence-electron chi connectivity index (χ4n) is 3.02. The van der Waals surface area contributed by atoms with Gasteiger partial charge in [0.1, 0.15) is 0 Å².